The number of nitrogens with one attached hydrogen (secondary N) is 1. The number of aliphatic hydroxyl groups is 1. The third-order valence-corrected chi connectivity index (χ3v) is 3.95. The van der Waals surface area contributed by atoms with Gasteiger partial charge in [-0.2, -0.15) is 0 Å². The van der Waals surface area contributed by atoms with E-state index in [2.05, 4.69) is 42.0 Å². The number of rotatable bonds is 7. The predicted molar refractivity (Wildman–Crippen MR) is 86.9 cm³/mol. The fourth-order valence-electron chi connectivity index (χ4n) is 2.68. The van der Waals surface area contributed by atoms with Crippen molar-refractivity contribution in [1.82, 2.24) is 9.97 Å². The fraction of sp³-hybridized carbons (Fsp3) is 0.750. The molecule has 0 aromatic carbocycles. The first-order valence-corrected chi connectivity index (χ1v) is 8.12. The van der Waals surface area contributed by atoms with Crippen LogP contribution in [0.2, 0.25) is 0 Å². The molecule has 0 bridgehead atoms. The van der Waals surface area contributed by atoms with Gasteiger partial charge in [0.05, 0.1) is 0 Å². The van der Waals surface area contributed by atoms with Gasteiger partial charge in [0, 0.05) is 38.2 Å². The Balaban J connectivity index is 2.16. The summed E-state index contributed by atoms with van der Waals surface area (Å²) in [6, 6.07) is 2.06. The van der Waals surface area contributed by atoms with Crippen LogP contribution in [0.4, 0.5) is 11.6 Å². The molecule has 2 rings (SSSR count). The van der Waals surface area contributed by atoms with Gasteiger partial charge in [0.25, 0.3) is 0 Å². The SMILES string of the molecule is CCCNc1cc(N2CCC(CCO)C2)nc(C(C)C)n1. The lowest BCUT2D eigenvalue weighted by Crippen LogP contribution is -2.22. The summed E-state index contributed by atoms with van der Waals surface area (Å²) >= 11 is 0. The summed E-state index contributed by atoms with van der Waals surface area (Å²) < 4.78 is 0. The van der Waals surface area contributed by atoms with E-state index in [1.54, 1.807) is 0 Å². The quantitative estimate of drug-likeness (QED) is 0.809. The Hall–Kier alpha value is -1.36. The molecule has 5 nitrogen and oxygen atoms in total. The Morgan fingerprint density at radius 1 is 1.43 bits per heavy atom. The maximum Gasteiger partial charge on any atom is 0.135 e. The summed E-state index contributed by atoms with van der Waals surface area (Å²) in [5, 5.41) is 12.5. The van der Waals surface area contributed by atoms with E-state index < -0.39 is 0 Å². The third kappa shape index (κ3) is 4.30. The van der Waals surface area contributed by atoms with Crippen LogP contribution in [-0.2, 0) is 0 Å². The topological polar surface area (TPSA) is 61.3 Å². The van der Waals surface area contributed by atoms with E-state index in [1.165, 1.54) is 0 Å². The molecule has 2 heterocycles. The van der Waals surface area contributed by atoms with Crippen molar-refractivity contribution in [1.29, 1.82) is 0 Å². The van der Waals surface area contributed by atoms with Crippen LogP contribution >= 0.6 is 0 Å². The summed E-state index contributed by atoms with van der Waals surface area (Å²) in [6.07, 6.45) is 3.11. The number of anilines is 2. The van der Waals surface area contributed by atoms with E-state index >= 15 is 0 Å². The minimum Gasteiger partial charge on any atom is -0.396 e. The van der Waals surface area contributed by atoms with E-state index in [1.807, 2.05) is 0 Å². The first-order valence-electron chi connectivity index (χ1n) is 8.12. The molecule has 0 saturated carbocycles. The van der Waals surface area contributed by atoms with Crippen LogP contribution in [0.25, 0.3) is 0 Å². The number of hydrogen-bond acceptors (Lipinski definition) is 5. The molecule has 1 unspecified atom stereocenters. The van der Waals surface area contributed by atoms with Crippen molar-refractivity contribution in [3.63, 3.8) is 0 Å². The average Bonchev–Trinajstić information content (AvgIpc) is 2.94. The second kappa shape index (κ2) is 7.59. The maximum absolute atomic E-state index is 9.09. The Morgan fingerprint density at radius 3 is 2.90 bits per heavy atom. The van der Waals surface area contributed by atoms with Crippen LogP contribution < -0.4 is 10.2 Å². The number of nitrogens with zero attached hydrogens (tertiary/aromatic N) is 3. The van der Waals surface area contributed by atoms with Gasteiger partial charge in [-0.15, -0.1) is 0 Å². The summed E-state index contributed by atoms with van der Waals surface area (Å²) in [7, 11) is 0. The van der Waals surface area contributed by atoms with Gasteiger partial charge in [-0.25, -0.2) is 9.97 Å². The Morgan fingerprint density at radius 2 is 2.24 bits per heavy atom. The highest BCUT2D eigenvalue weighted by Crippen LogP contribution is 2.27. The van der Waals surface area contributed by atoms with Crippen LogP contribution in [0, 0.1) is 5.92 Å². The van der Waals surface area contributed by atoms with Gasteiger partial charge < -0.3 is 15.3 Å². The van der Waals surface area contributed by atoms with E-state index in [9.17, 15) is 0 Å². The van der Waals surface area contributed by atoms with Crippen LogP contribution in [0.15, 0.2) is 6.07 Å². The van der Waals surface area contributed by atoms with E-state index in [0.29, 0.717) is 11.8 Å². The molecule has 2 N–H and O–H groups in total. The first-order chi connectivity index (χ1) is 10.1. The van der Waals surface area contributed by atoms with Crippen LogP contribution in [0.5, 0.6) is 0 Å². The van der Waals surface area contributed by atoms with E-state index in [0.717, 1.165) is 56.4 Å². The molecule has 0 radical (unpaired) electrons. The molecule has 1 aliphatic rings. The molecule has 118 valence electrons. The number of aromatic nitrogens is 2. The second-order valence-corrected chi connectivity index (χ2v) is 6.16. The molecule has 0 aliphatic carbocycles. The molecule has 1 fully saturated rings. The smallest absolute Gasteiger partial charge is 0.135 e. The zero-order valence-corrected chi connectivity index (χ0v) is 13.5. The highest BCUT2D eigenvalue weighted by molar-refractivity contribution is 5.50. The monoisotopic (exact) mass is 292 g/mol. The second-order valence-electron chi connectivity index (χ2n) is 6.16. The summed E-state index contributed by atoms with van der Waals surface area (Å²) in [5.41, 5.74) is 0. The van der Waals surface area contributed by atoms with Crippen molar-refractivity contribution in [2.24, 2.45) is 5.92 Å². The van der Waals surface area contributed by atoms with Gasteiger partial charge in [0.2, 0.25) is 0 Å². The molecular formula is C16H28N4O. The Kier molecular flexibility index (Phi) is 5.79. The van der Waals surface area contributed by atoms with Crippen molar-refractivity contribution < 1.29 is 5.11 Å². The molecule has 1 aliphatic heterocycles. The largest absolute Gasteiger partial charge is 0.396 e. The van der Waals surface area contributed by atoms with Crippen molar-refractivity contribution in [3.05, 3.63) is 11.9 Å². The minimum absolute atomic E-state index is 0.281. The molecule has 5 heteroatoms. The molecule has 21 heavy (non-hydrogen) atoms. The average molecular weight is 292 g/mol. The molecule has 1 saturated heterocycles. The lowest BCUT2D eigenvalue weighted by atomic mass is 10.1. The summed E-state index contributed by atoms with van der Waals surface area (Å²) in [6.45, 7) is 9.62. The molecule has 0 spiro atoms. The Bertz CT molecular complexity index is 450. The fourth-order valence-corrected chi connectivity index (χ4v) is 2.68. The molecular weight excluding hydrogens is 264 g/mol. The van der Waals surface area contributed by atoms with Crippen molar-refractivity contribution in [2.75, 3.05) is 36.5 Å². The number of hydrogen-bond donors (Lipinski definition) is 2. The zero-order chi connectivity index (χ0) is 15.2. The number of aliphatic hydroxyl groups excluding tert-OH is 1. The van der Waals surface area contributed by atoms with Crippen molar-refractivity contribution in [3.8, 4) is 0 Å². The minimum atomic E-state index is 0.281. The van der Waals surface area contributed by atoms with Gasteiger partial charge in [-0.1, -0.05) is 20.8 Å². The van der Waals surface area contributed by atoms with Gasteiger partial charge >= 0.3 is 0 Å². The lowest BCUT2D eigenvalue weighted by Gasteiger charge is -2.20. The van der Waals surface area contributed by atoms with Crippen molar-refractivity contribution in [2.45, 2.75) is 46.0 Å². The standard InChI is InChI=1S/C16H28N4O/c1-4-7-17-14-10-15(19-16(18-14)12(2)3)20-8-5-13(11-20)6-9-21/h10,12-13,21H,4-9,11H2,1-3H3,(H,17,18,19). The van der Waals surface area contributed by atoms with Crippen LogP contribution in [0.3, 0.4) is 0 Å². The normalized spacial score (nSPS) is 18.5. The van der Waals surface area contributed by atoms with Crippen LogP contribution in [0.1, 0.15) is 51.8 Å². The molecule has 1 aromatic heterocycles. The van der Waals surface area contributed by atoms with Gasteiger partial charge in [-0.3, -0.25) is 0 Å². The Labute approximate surface area is 127 Å². The third-order valence-electron chi connectivity index (χ3n) is 3.95. The van der Waals surface area contributed by atoms with Gasteiger partial charge in [0.1, 0.15) is 17.5 Å². The van der Waals surface area contributed by atoms with Crippen molar-refractivity contribution >= 4 is 11.6 Å². The van der Waals surface area contributed by atoms with E-state index in [-0.39, 0.29) is 6.61 Å². The van der Waals surface area contributed by atoms with Crippen LogP contribution in [-0.4, -0.2) is 41.3 Å². The molecule has 0 amide bonds. The lowest BCUT2D eigenvalue weighted by molar-refractivity contribution is 0.263. The zero-order valence-electron chi connectivity index (χ0n) is 13.5. The molecule has 1 aromatic rings. The van der Waals surface area contributed by atoms with Gasteiger partial charge in [-0.05, 0) is 25.2 Å². The summed E-state index contributed by atoms with van der Waals surface area (Å²) in [4.78, 5) is 11.7. The summed E-state index contributed by atoms with van der Waals surface area (Å²) in [5.74, 6) is 3.75. The molecule has 1 atom stereocenters. The highest BCUT2D eigenvalue weighted by atomic mass is 16.3. The van der Waals surface area contributed by atoms with E-state index in [4.69, 9.17) is 10.1 Å². The predicted octanol–water partition coefficient (Wildman–Crippen LogP) is 2.63. The highest BCUT2D eigenvalue weighted by Gasteiger charge is 2.24. The first kappa shape index (κ1) is 16.0. The maximum atomic E-state index is 9.09. The van der Waals surface area contributed by atoms with Gasteiger partial charge in [0.15, 0.2) is 0 Å².